The Bertz CT molecular complexity index is 454. The maximum Gasteiger partial charge on any atom is 0.333 e. The van der Waals surface area contributed by atoms with E-state index in [1.165, 1.54) is 7.11 Å². The average Bonchev–Trinajstić information content (AvgIpc) is 2.49. The zero-order valence-corrected chi connectivity index (χ0v) is 10.5. The third kappa shape index (κ3) is 2.27. The zero-order valence-electron chi connectivity index (χ0n) is 8.92. The highest BCUT2D eigenvalue weighted by atomic mass is 79.9. The van der Waals surface area contributed by atoms with Crippen molar-refractivity contribution in [3.8, 4) is 0 Å². The molecule has 1 aromatic rings. The number of carbonyl (C=O) groups excluding carboxylic acids is 1. The van der Waals surface area contributed by atoms with Crippen molar-refractivity contribution in [3.63, 3.8) is 0 Å². The van der Waals surface area contributed by atoms with Crippen LogP contribution in [0.1, 0.15) is 12.0 Å². The van der Waals surface area contributed by atoms with Gasteiger partial charge in [-0.2, -0.15) is 0 Å². The van der Waals surface area contributed by atoms with Gasteiger partial charge >= 0.3 is 5.97 Å². The lowest BCUT2D eigenvalue weighted by molar-refractivity contribution is -0.136. The van der Waals surface area contributed by atoms with E-state index in [4.69, 9.17) is 4.74 Å². The summed E-state index contributed by atoms with van der Waals surface area (Å²) in [5, 5.41) is 3.28. The predicted octanol–water partition coefficient (Wildman–Crippen LogP) is 2.82. The van der Waals surface area contributed by atoms with Gasteiger partial charge in [0.25, 0.3) is 0 Å². The van der Waals surface area contributed by atoms with E-state index in [1.807, 2.05) is 24.3 Å². The highest BCUT2D eigenvalue weighted by Gasteiger charge is 2.14. The van der Waals surface area contributed by atoms with Gasteiger partial charge in [0.05, 0.1) is 7.11 Å². The van der Waals surface area contributed by atoms with Gasteiger partial charge in [-0.1, -0.05) is 15.9 Å². The number of methoxy groups -OCH3 is 1. The molecule has 0 radical (unpaired) electrons. The number of hydrogen-bond donors (Lipinski definition) is 1. The molecular formula is C12H12BrNO2. The van der Waals surface area contributed by atoms with Gasteiger partial charge < -0.3 is 10.1 Å². The molecule has 1 aliphatic heterocycles. The third-order valence-corrected chi connectivity index (χ3v) is 2.99. The maximum absolute atomic E-state index is 11.5. The van der Waals surface area contributed by atoms with Gasteiger partial charge in [0.15, 0.2) is 0 Å². The number of fused-ring (bicyclic) bond motifs is 1. The van der Waals surface area contributed by atoms with Crippen LogP contribution in [0, 0.1) is 0 Å². The number of benzene rings is 1. The van der Waals surface area contributed by atoms with Crippen molar-refractivity contribution in [2.75, 3.05) is 19.0 Å². The summed E-state index contributed by atoms with van der Waals surface area (Å²) in [6.45, 7) is 0.746. The summed E-state index contributed by atoms with van der Waals surface area (Å²) in [6, 6.07) is 5.95. The highest BCUT2D eigenvalue weighted by Crippen LogP contribution is 2.26. The van der Waals surface area contributed by atoms with Crippen LogP contribution in [0.3, 0.4) is 0 Å². The van der Waals surface area contributed by atoms with Crippen LogP contribution in [0.5, 0.6) is 0 Å². The fraction of sp³-hybridized carbons (Fsp3) is 0.250. The summed E-state index contributed by atoms with van der Waals surface area (Å²) >= 11 is 3.42. The SMILES string of the molecule is COC(=O)C1=Cc2cc(Br)ccc2NCC1. The second kappa shape index (κ2) is 4.70. The fourth-order valence-electron chi connectivity index (χ4n) is 1.70. The van der Waals surface area contributed by atoms with Crippen molar-refractivity contribution < 1.29 is 9.53 Å². The molecule has 2 rings (SSSR count). The highest BCUT2D eigenvalue weighted by molar-refractivity contribution is 9.10. The van der Waals surface area contributed by atoms with Crippen molar-refractivity contribution in [2.24, 2.45) is 0 Å². The second-order valence-corrected chi connectivity index (χ2v) is 4.49. The van der Waals surface area contributed by atoms with Crippen molar-refractivity contribution in [2.45, 2.75) is 6.42 Å². The van der Waals surface area contributed by atoms with E-state index in [-0.39, 0.29) is 5.97 Å². The molecule has 1 aromatic carbocycles. The lowest BCUT2D eigenvalue weighted by Gasteiger charge is -2.05. The molecule has 1 aliphatic rings. The van der Waals surface area contributed by atoms with Gasteiger partial charge in [0.2, 0.25) is 0 Å². The van der Waals surface area contributed by atoms with Crippen LogP contribution < -0.4 is 5.32 Å². The lowest BCUT2D eigenvalue weighted by atomic mass is 10.1. The van der Waals surface area contributed by atoms with Gasteiger partial charge in [-0.3, -0.25) is 0 Å². The summed E-state index contributed by atoms with van der Waals surface area (Å²) in [5.41, 5.74) is 2.75. The standard InChI is InChI=1S/C12H12BrNO2/c1-16-12(15)8-4-5-14-11-3-2-10(13)7-9(11)6-8/h2-3,6-7,14H,4-5H2,1H3. The minimum atomic E-state index is -0.255. The molecule has 0 fully saturated rings. The Kier molecular flexibility index (Phi) is 3.29. The summed E-state index contributed by atoms with van der Waals surface area (Å²) in [6.07, 6.45) is 2.56. The van der Waals surface area contributed by atoms with Crippen LogP contribution in [-0.2, 0) is 9.53 Å². The number of rotatable bonds is 1. The molecule has 84 valence electrons. The Labute approximate surface area is 103 Å². The maximum atomic E-state index is 11.5. The summed E-state index contributed by atoms with van der Waals surface area (Å²) < 4.78 is 5.74. The Morgan fingerprint density at radius 3 is 3.06 bits per heavy atom. The molecule has 1 heterocycles. The largest absolute Gasteiger partial charge is 0.466 e. The van der Waals surface area contributed by atoms with Gasteiger partial charge in [0, 0.05) is 22.3 Å². The Balaban J connectivity index is 2.42. The Morgan fingerprint density at radius 1 is 1.50 bits per heavy atom. The molecule has 1 N–H and O–H groups in total. The number of nitrogens with one attached hydrogen (secondary N) is 1. The van der Waals surface area contributed by atoms with E-state index in [0.29, 0.717) is 12.0 Å². The van der Waals surface area contributed by atoms with Crippen molar-refractivity contribution >= 4 is 33.7 Å². The first kappa shape index (κ1) is 11.2. The summed E-state index contributed by atoms with van der Waals surface area (Å²) in [4.78, 5) is 11.5. The number of ether oxygens (including phenoxy) is 1. The first-order chi connectivity index (χ1) is 7.70. The molecule has 0 aromatic heterocycles. The van der Waals surface area contributed by atoms with Crippen molar-refractivity contribution in [1.29, 1.82) is 0 Å². The molecule has 3 nitrogen and oxygen atoms in total. The number of hydrogen-bond acceptors (Lipinski definition) is 3. The average molecular weight is 282 g/mol. The minimum Gasteiger partial charge on any atom is -0.466 e. The number of halogens is 1. The molecule has 4 heteroatoms. The molecular weight excluding hydrogens is 270 g/mol. The molecule has 0 atom stereocenters. The molecule has 0 unspecified atom stereocenters. The molecule has 0 spiro atoms. The molecule has 0 bridgehead atoms. The van der Waals surface area contributed by atoms with Crippen LogP contribution in [-0.4, -0.2) is 19.6 Å². The number of carbonyl (C=O) groups is 1. The monoisotopic (exact) mass is 281 g/mol. The van der Waals surface area contributed by atoms with Crippen LogP contribution in [0.4, 0.5) is 5.69 Å². The van der Waals surface area contributed by atoms with Crippen molar-refractivity contribution in [3.05, 3.63) is 33.8 Å². The van der Waals surface area contributed by atoms with Crippen LogP contribution >= 0.6 is 15.9 Å². The Morgan fingerprint density at radius 2 is 2.31 bits per heavy atom. The predicted molar refractivity (Wildman–Crippen MR) is 67.2 cm³/mol. The van der Waals surface area contributed by atoms with Gasteiger partial charge in [0.1, 0.15) is 0 Å². The summed E-state index contributed by atoms with van der Waals surface area (Å²) in [5.74, 6) is -0.255. The molecule has 16 heavy (non-hydrogen) atoms. The van der Waals surface area contributed by atoms with Crippen LogP contribution in [0.2, 0.25) is 0 Å². The van der Waals surface area contributed by atoms with Crippen molar-refractivity contribution in [1.82, 2.24) is 0 Å². The lowest BCUT2D eigenvalue weighted by Crippen LogP contribution is -2.07. The normalized spacial score (nSPS) is 14.2. The first-order valence-corrected chi connectivity index (χ1v) is 5.82. The van der Waals surface area contributed by atoms with Crippen LogP contribution in [0.25, 0.3) is 6.08 Å². The van der Waals surface area contributed by atoms with Gasteiger partial charge in [-0.25, -0.2) is 4.79 Å². The Hall–Kier alpha value is -1.29. The number of anilines is 1. The van der Waals surface area contributed by atoms with E-state index in [0.717, 1.165) is 22.3 Å². The van der Waals surface area contributed by atoms with E-state index >= 15 is 0 Å². The quantitative estimate of drug-likeness (QED) is 0.805. The van der Waals surface area contributed by atoms with E-state index in [1.54, 1.807) is 0 Å². The molecule has 0 saturated carbocycles. The van der Waals surface area contributed by atoms with Gasteiger partial charge in [-0.15, -0.1) is 0 Å². The van der Waals surface area contributed by atoms with E-state index in [2.05, 4.69) is 21.2 Å². The molecule has 0 saturated heterocycles. The first-order valence-electron chi connectivity index (χ1n) is 5.03. The smallest absolute Gasteiger partial charge is 0.333 e. The minimum absolute atomic E-state index is 0.255. The fourth-order valence-corrected chi connectivity index (χ4v) is 2.08. The molecule has 0 aliphatic carbocycles. The third-order valence-electron chi connectivity index (χ3n) is 2.50. The number of esters is 1. The zero-order chi connectivity index (χ0) is 11.5. The van der Waals surface area contributed by atoms with Gasteiger partial charge in [-0.05, 0) is 36.3 Å². The van der Waals surface area contributed by atoms with E-state index < -0.39 is 0 Å². The van der Waals surface area contributed by atoms with Crippen LogP contribution in [0.15, 0.2) is 28.2 Å². The molecule has 0 amide bonds. The second-order valence-electron chi connectivity index (χ2n) is 3.57. The van der Waals surface area contributed by atoms with E-state index in [9.17, 15) is 4.79 Å². The summed E-state index contributed by atoms with van der Waals surface area (Å²) in [7, 11) is 1.41. The topological polar surface area (TPSA) is 38.3 Å².